The summed E-state index contributed by atoms with van der Waals surface area (Å²) in [4.78, 5) is 19.8. The van der Waals surface area contributed by atoms with Gasteiger partial charge in [0.1, 0.15) is 0 Å². The number of anilines is 1. The Morgan fingerprint density at radius 1 is 1.20 bits per heavy atom. The van der Waals surface area contributed by atoms with E-state index in [0.717, 1.165) is 5.56 Å². The number of carbonyl (C=O) groups is 1. The fourth-order valence-electron chi connectivity index (χ4n) is 2.87. The topological polar surface area (TPSA) is 75.7 Å². The first-order valence-corrected chi connectivity index (χ1v) is 10.4. The molecule has 0 saturated carbocycles. The third-order valence-electron chi connectivity index (χ3n) is 4.48. The Bertz CT molecular complexity index is 959. The molecule has 1 aromatic carbocycles. The van der Waals surface area contributed by atoms with Crippen molar-refractivity contribution in [1.29, 1.82) is 0 Å². The summed E-state index contributed by atoms with van der Waals surface area (Å²) in [5.41, 5.74) is 1.65. The molecule has 2 heterocycles. The molecule has 30 heavy (non-hydrogen) atoms. The fourth-order valence-corrected chi connectivity index (χ4v) is 3.79. The highest BCUT2D eigenvalue weighted by molar-refractivity contribution is 7.10. The zero-order valence-electron chi connectivity index (χ0n) is 17.5. The molecule has 1 unspecified atom stereocenters. The second-order valence-corrected chi connectivity index (χ2v) is 7.95. The number of benzene rings is 1. The predicted octanol–water partition coefficient (Wildman–Crippen LogP) is 4.68. The number of urea groups is 1. The Kier molecular flexibility index (Phi) is 7.26. The SMILES string of the molecule is COc1cc(C)ccc1Oc1ccc(NC(=O)NCC(c2cccs2)N(C)C)cn1. The second-order valence-electron chi connectivity index (χ2n) is 6.97. The van der Waals surface area contributed by atoms with E-state index < -0.39 is 0 Å². The van der Waals surface area contributed by atoms with Gasteiger partial charge >= 0.3 is 6.03 Å². The van der Waals surface area contributed by atoms with E-state index in [4.69, 9.17) is 9.47 Å². The number of aryl methyl sites for hydroxylation is 1. The van der Waals surface area contributed by atoms with Gasteiger partial charge in [-0.2, -0.15) is 0 Å². The number of hydrogen-bond acceptors (Lipinski definition) is 6. The number of amides is 2. The molecule has 3 rings (SSSR count). The van der Waals surface area contributed by atoms with Gasteiger partial charge in [0.25, 0.3) is 0 Å². The molecule has 0 aliphatic heterocycles. The third-order valence-corrected chi connectivity index (χ3v) is 5.45. The monoisotopic (exact) mass is 426 g/mol. The van der Waals surface area contributed by atoms with Gasteiger partial charge in [0.2, 0.25) is 5.88 Å². The molecule has 2 aromatic heterocycles. The van der Waals surface area contributed by atoms with Crippen LogP contribution in [-0.2, 0) is 0 Å². The molecule has 2 N–H and O–H groups in total. The summed E-state index contributed by atoms with van der Waals surface area (Å²) >= 11 is 1.67. The van der Waals surface area contributed by atoms with Gasteiger partial charge in [-0.1, -0.05) is 12.1 Å². The highest BCUT2D eigenvalue weighted by Crippen LogP contribution is 2.31. The Morgan fingerprint density at radius 2 is 2.03 bits per heavy atom. The number of methoxy groups -OCH3 is 1. The first-order chi connectivity index (χ1) is 14.5. The lowest BCUT2D eigenvalue weighted by Crippen LogP contribution is -2.36. The molecule has 0 aliphatic carbocycles. The van der Waals surface area contributed by atoms with Gasteiger partial charge in [0.15, 0.2) is 11.5 Å². The number of pyridine rings is 1. The molecular formula is C22H26N4O3S. The normalized spacial score (nSPS) is 11.8. The van der Waals surface area contributed by atoms with E-state index in [1.807, 2.05) is 50.7 Å². The van der Waals surface area contributed by atoms with Crippen LogP contribution in [0.15, 0.2) is 54.0 Å². The van der Waals surface area contributed by atoms with Gasteiger partial charge in [0, 0.05) is 17.5 Å². The number of thiophene rings is 1. The number of likely N-dealkylation sites (N-methyl/N-ethyl adjacent to an activating group) is 1. The van der Waals surface area contributed by atoms with Crippen LogP contribution in [0.25, 0.3) is 0 Å². The Balaban J connectivity index is 1.55. The van der Waals surface area contributed by atoms with Gasteiger partial charge in [-0.3, -0.25) is 0 Å². The van der Waals surface area contributed by atoms with Gasteiger partial charge < -0.3 is 25.0 Å². The smallest absolute Gasteiger partial charge is 0.319 e. The van der Waals surface area contributed by atoms with E-state index in [-0.39, 0.29) is 12.1 Å². The average Bonchev–Trinajstić information content (AvgIpc) is 3.25. The van der Waals surface area contributed by atoms with Crippen molar-refractivity contribution in [2.75, 3.05) is 33.1 Å². The Labute approximate surface area is 180 Å². The molecule has 0 aliphatic rings. The molecule has 0 bridgehead atoms. The summed E-state index contributed by atoms with van der Waals surface area (Å²) in [5.74, 6) is 1.63. The molecule has 0 radical (unpaired) electrons. The number of hydrogen-bond donors (Lipinski definition) is 2. The minimum Gasteiger partial charge on any atom is -0.493 e. The van der Waals surface area contributed by atoms with Crippen LogP contribution in [0.1, 0.15) is 16.5 Å². The van der Waals surface area contributed by atoms with Crippen LogP contribution in [0.5, 0.6) is 17.4 Å². The van der Waals surface area contributed by atoms with Gasteiger partial charge in [-0.25, -0.2) is 9.78 Å². The number of nitrogens with one attached hydrogen (secondary N) is 2. The first kappa shape index (κ1) is 21.6. The number of nitrogens with zero attached hydrogens (tertiary/aromatic N) is 2. The van der Waals surface area contributed by atoms with E-state index >= 15 is 0 Å². The molecule has 0 spiro atoms. The predicted molar refractivity (Wildman–Crippen MR) is 120 cm³/mol. The van der Waals surface area contributed by atoms with Crippen molar-refractivity contribution >= 4 is 23.1 Å². The van der Waals surface area contributed by atoms with Crippen LogP contribution < -0.4 is 20.1 Å². The van der Waals surface area contributed by atoms with Crippen molar-refractivity contribution in [3.8, 4) is 17.4 Å². The molecule has 158 valence electrons. The lowest BCUT2D eigenvalue weighted by molar-refractivity contribution is 0.244. The minimum absolute atomic E-state index is 0.120. The zero-order valence-corrected chi connectivity index (χ0v) is 18.3. The molecule has 8 heteroatoms. The summed E-state index contributed by atoms with van der Waals surface area (Å²) in [6, 6.07) is 13.0. The maximum Gasteiger partial charge on any atom is 0.319 e. The summed E-state index contributed by atoms with van der Waals surface area (Å²) < 4.78 is 11.1. The highest BCUT2D eigenvalue weighted by Gasteiger charge is 2.16. The number of ether oxygens (including phenoxy) is 2. The van der Waals surface area contributed by atoms with E-state index in [1.54, 1.807) is 36.8 Å². The lowest BCUT2D eigenvalue weighted by Gasteiger charge is -2.23. The lowest BCUT2D eigenvalue weighted by atomic mass is 10.2. The van der Waals surface area contributed by atoms with Crippen LogP contribution >= 0.6 is 11.3 Å². The minimum atomic E-state index is -0.283. The van der Waals surface area contributed by atoms with Crippen molar-refractivity contribution in [1.82, 2.24) is 15.2 Å². The van der Waals surface area contributed by atoms with Crippen LogP contribution in [0.4, 0.5) is 10.5 Å². The van der Waals surface area contributed by atoms with E-state index in [0.29, 0.717) is 29.6 Å². The quantitative estimate of drug-likeness (QED) is 0.547. The maximum absolute atomic E-state index is 12.3. The molecule has 3 aromatic rings. The highest BCUT2D eigenvalue weighted by atomic mass is 32.1. The Hall–Kier alpha value is -3.10. The van der Waals surface area contributed by atoms with E-state index in [1.165, 1.54) is 4.88 Å². The molecular weight excluding hydrogens is 400 g/mol. The summed E-state index contributed by atoms with van der Waals surface area (Å²) in [6.07, 6.45) is 1.55. The van der Waals surface area contributed by atoms with Crippen LogP contribution in [0.2, 0.25) is 0 Å². The number of carbonyl (C=O) groups excluding carboxylic acids is 1. The summed E-state index contributed by atoms with van der Waals surface area (Å²) in [5, 5.41) is 7.74. The van der Waals surface area contributed by atoms with Gasteiger partial charge in [-0.05, 0) is 56.2 Å². The molecule has 2 amide bonds. The van der Waals surface area contributed by atoms with Crippen LogP contribution in [0.3, 0.4) is 0 Å². The Morgan fingerprint density at radius 3 is 2.67 bits per heavy atom. The summed E-state index contributed by atoms with van der Waals surface area (Å²) in [7, 11) is 5.59. The standard InChI is InChI=1S/C22H26N4O3S/c1-15-7-9-18(19(12-15)28-4)29-21-10-8-16(13-23-21)25-22(27)24-14-17(26(2)3)20-6-5-11-30-20/h5-13,17H,14H2,1-4H3,(H2,24,25,27). The van der Waals surface area contributed by atoms with Crippen molar-refractivity contribution in [3.05, 3.63) is 64.5 Å². The second kappa shape index (κ2) is 10.1. The number of rotatable bonds is 8. The maximum atomic E-state index is 12.3. The average molecular weight is 427 g/mol. The zero-order chi connectivity index (χ0) is 21.5. The van der Waals surface area contributed by atoms with Crippen LogP contribution in [0, 0.1) is 6.92 Å². The summed E-state index contributed by atoms with van der Waals surface area (Å²) in [6.45, 7) is 2.48. The van der Waals surface area contributed by atoms with Crippen molar-refractivity contribution < 1.29 is 14.3 Å². The third kappa shape index (κ3) is 5.71. The van der Waals surface area contributed by atoms with E-state index in [9.17, 15) is 4.79 Å². The fraction of sp³-hybridized carbons (Fsp3) is 0.273. The first-order valence-electron chi connectivity index (χ1n) is 9.49. The molecule has 0 saturated heterocycles. The van der Waals surface area contributed by atoms with Crippen molar-refractivity contribution in [2.45, 2.75) is 13.0 Å². The van der Waals surface area contributed by atoms with Crippen LogP contribution in [-0.4, -0.2) is 43.7 Å². The van der Waals surface area contributed by atoms with Gasteiger partial charge in [-0.15, -0.1) is 11.3 Å². The molecule has 0 fully saturated rings. The van der Waals surface area contributed by atoms with Crippen molar-refractivity contribution in [3.63, 3.8) is 0 Å². The molecule has 1 atom stereocenters. The van der Waals surface area contributed by atoms with Gasteiger partial charge in [0.05, 0.1) is 25.0 Å². The van der Waals surface area contributed by atoms with E-state index in [2.05, 4.69) is 26.6 Å². The van der Waals surface area contributed by atoms with Crippen molar-refractivity contribution in [2.24, 2.45) is 0 Å². The number of aromatic nitrogens is 1. The molecule has 7 nitrogen and oxygen atoms in total. The largest absolute Gasteiger partial charge is 0.493 e.